The Balaban J connectivity index is 1.73. The number of benzene rings is 1. The Morgan fingerprint density at radius 3 is 2.53 bits per heavy atom. The second kappa shape index (κ2) is 5.76. The maximum atomic E-state index is 3.81. The van der Waals surface area contributed by atoms with E-state index in [-0.39, 0.29) is 0 Å². The number of anilines is 1. The number of rotatable bonds is 2. The standard InChI is InChI=1S/C16H24N2S/c1-19-15-7-5-14(6-8-15)18-12-11-17-16(13-18)9-3-2-4-10-16/h5-8,17H,2-4,9-13H2,1H3. The third kappa shape index (κ3) is 2.92. The average Bonchev–Trinajstić information content (AvgIpc) is 2.48. The molecule has 0 unspecified atom stereocenters. The first kappa shape index (κ1) is 13.3. The van der Waals surface area contributed by atoms with Gasteiger partial charge < -0.3 is 10.2 Å². The van der Waals surface area contributed by atoms with E-state index in [0.29, 0.717) is 5.54 Å². The predicted octanol–water partition coefficient (Wildman–Crippen LogP) is 3.52. The Kier molecular flexibility index (Phi) is 4.04. The van der Waals surface area contributed by atoms with Gasteiger partial charge in [0.25, 0.3) is 0 Å². The third-order valence-electron chi connectivity index (χ3n) is 4.62. The molecule has 1 aliphatic carbocycles. The van der Waals surface area contributed by atoms with Gasteiger partial charge in [-0.2, -0.15) is 0 Å². The molecule has 0 bridgehead atoms. The van der Waals surface area contributed by atoms with Crippen molar-refractivity contribution in [2.24, 2.45) is 0 Å². The molecule has 1 saturated heterocycles. The Morgan fingerprint density at radius 1 is 1.11 bits per heavy atom. The summed E-state index contributed by atoms with van der Waals surface area (Å²) in [5.74, 6) is 0. The quantitative estimate of drug-likeness (QED) is 0.832. The zero-order chi connectivity index (χ0) is 13.1. The van der Waals surface area contributed by atoms with Crippen molar-refractivity contribution in [3.05, 3.63) is 24.3 Å². The summed E-state index contributed by atoms with van der Waals surface area (Å²) in [6.45, 7) is 3.45. The fourth-order valence-electron chi connectivity index (χ4n) is 3.53. The molecular weight excluding hydrogens is 252 g/mol. The highest BCUT2D eigenvalue weighted by Gasteiger charge is 2.36. The fourth-order valence-corrected chi connectivity index (χ4v) is 3.94. The van der Waals surface area contributed by atoms with Crippen LogP contribution in [-0.4, -0.2) is 31.4 Å². The van der Waals surface area contributed by atoms with Crippen LogP contribution in [0.1, 0.15) is 32.1 Å². The van der Waals surface area contributed by atoms with Crippen LogP contribution < -0.4 is 10.2 Å². The summed E-state index contributed by atoms with van der Waals surface area (Å²) in [5, 5.41) is 3.81. The van der Waals surface area contributed by atoms with E-state index in [2.05, 4.69) is 40.7 Å². The minimum absolute atomic E-state index is 0.397. The normalized spacial score (nSPS) is 22.7. The molecule has 1 aromatic rings. The molecule has 2 nitrogen and oxygen atoms in total. The van der Waals surface area contributed by atoms with Crippen LogP contribution in [0.5, 0.6) is 0 Å². The van der Waals surface area contributed by atoms with Crippen molar-refractivity contribution in [2.75, 3.05) is 30.8 Å². The number of thioether (sulfide) groups is 1. The summed E-state index contributed by atoms with van der Waals surface area (Å²) in [6, 6.07) is 9.06. The van der Waals surface area contributed by atoms with E-state index in [1.807, 2.05) is 11.8 Å². The number of nitrogens with one attached hydrogen (secondary N) is 1. The lowest BCUT2D eigenvalue weighted by Gasteiger charge is -2.47. The summed E-state index contributed by atoms with van der Waals surface area (Å²) >= 11 is 1.81. The number of hydrogen-bond acceptors (Lipinski definition) is 3. The van der Waals surface area contributed by atoms with Gasteiger partial charge in [0.2, 0.25) is 0 Å². The van der Waals surface area contributed by atoms with E-state index in [1.54, 1.807) is 0 Å². The van der Waals surface area contributed by atoms with Crippen LogP contribution in [0.2, 0.25) is 0 Å². The van der Waals surface area contributed by atoms with Gasteiger partial charge in [-0.3, -0.25) is 0 Å². The summed E-state index contributed by atoms with van der Waals surface area (Å²) in [6.07, 6.45) is 9.06. The summed E-state index contributed by atoms with van der Waals surface area (Å²) in [4.78, 5) is 3.93. The van der Waals surface area contributed by atoms with Gasteiger partial charge in [0.1, 0.15) is 0 Å². The van der Waals surface area contributed by atoms with Gasteiger partial charge in [0.05, 0.1) is 0 Å². The van der Waals surface area contributed by atoms with Crippen molar-refractivity contribution >= 4 is 17.4 Å². The summed E-state index contributed by atoms with van der Waals surface area (Å²) < 4.78 is 0. The minimum Gasteiger partial charge on any atom is -0.368 e. The largest absolute Gasteiger partial charge is 0.368 e. The smallest absolute Gasteiger partial charge is 0.0368 e. The van der Waals surface area contributed by atoms with Gasteiger partial charge in [0, 0.05) is 35.8 Å². The van der Waals surface area contributed by atoms with E-state index in [9.17, 15) is 0 Å². The van der Waals surface area contributed by atoms with Gasteiger partial charge in [-0.05, 0) is 43.4 Å². The highest BCUT2D eigenvalue weighted by molar-refractivity contribution is 7.98. The minimum atomic E-state index is 0.397. The average molecular weight is 276 g/mol. The third-order valence-corrected chi connectivity index (χ3v) is 5.37. The van der Waals surface area contributed by atoms with Gasteiger partial charge in [-0.15, -0.1) is 11.8 Å². The molecule has 1 N–H and O–H groups in total. The molecule has 1 aromatic carbocycles. The number of piperazine rings is 1. The molecule has 0 atom stereocenters. The van der Waals surface area contributed by atoms with Crippen molar-refractivity contribution in [3.8, 4) is 0 Å². The number of hydrogen-bond donors (Lipinski definition) is 1. The molecular formula is C16H24N2S. The van der Waals surface area contributed by atoms with E-state index in [4.69, 9.17) is 0 Å². The molecule has 0 aromatic heterocycles. The second-order valence-corrected chi connectivity index (χ2v) is 6.77. The molecule has 1 aliphatic heterocycles. The topological polar surface area (TPSA) is 15.3 Å². The van der Waals surface area contributed by atoms with Crippen LogP contribution in [-0.2, 0) is 0 Å². The SMILES string of the molecule is CSc1ccc(N2CCNC3(CCCCC3)C2)cc1. The van der Waals surface area contributed by atoms with Crippen molar-refractivity contribution in [2.45, 2.75) is 42.5 Å². The van der Waals surface area contributed by atoms with E-state index in [1.165, 1.54) is 49.2 Å². The maximum absolute atomic E-state index is 3.81. The van der Waals surface area contributed by atoms with Crippen LogP contribution in [0.3, 0.4) is 0 Å². The Morgan fingerprint density at radius 2 is 1.84 bits per heavy atom. The first-order valence-electron chi connectivity index (χ1n) is 7.45. The molecule has 1 heterocycles. The second-order valence-electron chi connectivity index (χ2n) is 5.89. The van der Waals surface area contributed by atoms with Crippen LogP contribution in [0.4, 0.5) is 5.69 Å². The predicted molar refractivity (Wildman–Crippen MR) is 84.3 cm³/mol. The van der Waals surface area contributed by atoms with Gasteiger partial charge in [0.15, 0.2) is 0 Å². The van der Waals surface area contributed by atoms with Gasteiger partial charge in [-0.1, -0.05) is 19.3 Å². The molecule has 2 fully saturated rings. The molecule has 1 spiro atoms. The molecule has 2 aliphatic rings. The van der Waals surface area contributed by atoms with Crippen LogP contribution in [0, 0.1) is 0 Å². The van der Waals surface area contributed by atoms with Crippen LogP contribution in [0.25, 0.3) is 0 Å². The Hall–Kier alpha value is -0.670. The molecule has 0 amide bonds. The molecule has 3 rings (SSSR count). The van der Waals surface area contributed by atoms with Crippen molar-refractivity contribution in [1.82, 2.24) is 5.32 Å². The maximum Gasteiger partial charge on any atom is 0.0368 e. The zero-order valence-electron chi connectivity index (χ0n) is 11.8. The monoisotopic (exact) mass is 276 g/mol. The first-order chi connectivity index (χ1) is 9.31. The molecule has 1 saturated carbocycles. The first-order valence-corrected chi connectivity index (χ1v) is 8.68. The van der Waals surface area contributed by atoms with Gasteiger partial charge in [-0.25, -0.2) is 0 Å². The fraction of sp³-hybridized carbons (Fsp3) is 0.625. The zero-order valence-corrected chi connectivity index (χ0v) is 12.6. The highest BCUT2D eigenvalue weighted by Crippen LogP contribution is 2.32. The number of nitrogens with zero attached hydrogens (tertiary/aromatic N) is 1. The summed E-state index contributed by atoms with van der Waals surface area (Å²) in [5.41, 5.74) is 1.79. The molecule has 104 valence electrons. The lowest BCUT2D eigenvalue weighted by Crippen LogP contribution is -2.61. The van der Waals surface area contributed by atoms with Crippen LogP contribution >= 0.6 is 11.8 Å². The van der Waals surface area contributed by atoms with Crippen molar-refractivity contribution < 1.29 is 0 Å². The molecule has 3 heteroatoms. The van der Waals surface area contributed by atoms with E-state index in [0.717, 1.165) is 13.1 Å². The summed E-state index contributed by atoms with van der Waals surface area (Å²) in [7, 11) is 0. The highest BCUT2D eigenvalue weighted by atomic mass is 32.2. The molecule has 19 heavy (non-hydrogen) atoms. The lowest BCUT2D eigenvalue weighted by molar-refractivity contribution is 0.216. The van der Waals surface area contributed by atoms with Crippen LogP contribution in [0.15, 0.2) is 29.2 Å². The molecule has 0 radical (unpaired) electrons. The van der Waals surface area contributed by atoms with Crippen molar-refractivity contribution in [1.29, 1.82) is 0 Å². The Labute approximate surface area is 121 Å². The van der Waals surface area contributed by atoms with Gasteiger partial charge >= 0.3 is 0 Å². The van der Waals surface area contributed by atoms with E-state index >= 15 is 0 Å². The Bertz CT molecular complexity index is 404. The van der Waals surface area contributed by atoms with E-state index < -0.39 is 0 Å². The van der Waals surface area contributed by atoms with Crippen molar-refractivity contribution in [3.63, 3.8) is 0 Å². The lowest BCUT2D eigenvalue weighted by atomic mass is 9.80.